The van der Waals surface area contributed by atoms with Gasteiger partial charge in [0.2, 0.25) is 0 Å². The van der Waals surface area contributed by atoms with Crippen LogP contribution in [0, 0.1) is 17.3 Å². The van der Waals surface area contributed by atoms with Gasteiger partial charge < -0.3 is 14.6 Å². The summed E-state index contributed by atoms with van der Waals surface area (Å²) < 4.78 is 10.7. The molecule has 1 fully saturated rings. The molecule has 0 saturated heterocycles. The molecule has 1 aromatic carbocycles. The zero-order chi connectivity index (χ0) is 16.8. The molecule has 2 atom stereocenters. The third-order valence-corrected chi connectivity index (χ3v) is 5.29. The summed E-state index contributed by atoms with van der Waals surface area (Å²) in [7, 11) is 3.10. The standard InChI is InChI=1S/C19H22O4/c1-19(2)14-10-15(19)16(21)7-11(14)5-6-13-17(22-3)8-12(20)9-18(13)23-4/h5-9,14-15,20H,10H2,1-4H3/b6-5+/t14-,15+/m1/s1. The fourth-order valence-electron chi connectivity index (χ4n) is 3.77. The van der Waals surface area contributed by atoms with Gasteiger partial charge >= 0.3 is 0 Å². The Morgan fingerprint density at radius 2 is 1.74 bits per heavy atom. The third-order valence-electron chi connectivity index (χ3n) is 5.29. The molecule has 0 heterocycles. The van der Waals surface area contributed by atoms with Crippen LogP contribution in [-0.4, -0.2) is 25.1 Å². The molecule has 23 heavy (non-hydrogen) atoms. The van der Waals surface area contributed by atoms with Crippen molar-refractivity contribution >= 4 is 11.9 Å². The zero-order valence-electron chi connectivity index (χ0n) is 13.9. The van der Waals surface area contributed by atoms with Gasteiger partial charge in [0.1, 0.15) is 17.2 Å². The maximum absolute atomic E-state index is 12.2. The van der Waals surface area contributed by atoms with Crippen molar-refractivity contribution in [2.45, 2.75) is 20.3 Å². The lowest BCUT2D eigenvalue weighted by Gasteiger charge is -2.54. The fraction of sp³-hybridized carbons (Fsp3) is 0.421. The van der Waals surface area contributed by atoms with E-state index in [4.69, 9.17) is 9.47 Å². The first-order valence-corrected chi connectivity index (χ1v) is 7.77. The summed E-state index contributed by atoms with van der Waals surface area (Å²) in [5.74, 6) is 1.96. The van der Waals surface area contributed by atoms with Crippen LogP contribution < -0.4 is 9.47 Å². The van der Waals surface area contributed by atoms with Gasteiger partial charge in [0.15, 0.2) is 5.78 Å². The first-order valence-electron chi connectivity index (χ1n) is 7.77. The number of methoxy groups -OCH3 is 2. The quantitative estimate of drug-likeness (QED) is 0.922. The van der Waals surface area contributed by atoms with Crippen LogP contribution in [-0.2, 0) is 4.79 Å². The average molecular weight is 314 g/mol. The van der Waals surface area contributed by atoms with Crippen molar-refractivity contribution in [3.05, 3.63) is 35.4 Å². The number of phenolic OH excluding ortho intramolecular Hbond substituents is 1. The number of fused-ring (bicyclic) bond motifs is 1. The molecule has 1 saturated carbocycles. The molecule has 3 aliphatic carbocycles. The van der Waals surface area contributed by atoms with Crippen molar-refractivity contribution in [3.8, 4) is 17.2 Å². The minimum atomic E-state index is 0.0363. The number of ketones is 1. The second-order valence-electron chi connectivity index (χ2n) is 6.81. The summed E-state index contributed by atoms with van der Waals surface area (Å²) in [6, 6.07) is 3.10. The first kappa shape index (κ1) is 15.7. The highest BCUT2D eigenvalue weighted by atomic mass is 16.5. The van der Waals surface area contributed by atoms with Gasteiger partial charge in [-0.15, -0.1) is 0 Å². The molecule has 0 aliphatic heterocycles. The van der Waals surface area contributed by atoms with Crippen molar-refractivity contribution in [1.29, 1.82) is 0 Å². The largest absolute Gasteiger partial charge is 0.508 e. The number of allylic oxidation sites excluding steroid dienone is 3. The van der Waals surface area contributed by atoms with Crippen molar-refractivity contribution in [3.63, 3.8) is 0 Å². The molecule has 1 aromatic rings. The summed E-state index contributed by atoms with van der Waals surface area (Å²) in [6.45, 7) is 4.32. The van der Waals surface area contributed by atoms with Crippen LogP contribution in [0.15, 0.2) is 29.9 Å². The lowest BCUT2D eigenvalue weighted by Crippen LogP contribution is -2.52. The maximum atomic E-state index is 12.2. The van der Waals surface area contributed by atoms with E-state index in [-0.39, 0.29) is 22.9 Å². The van der Waals surface area contributed by atoms with Crippen molar-refractivity contribution in [2.24, 2.45) is 17.3 Å². The molecule has 0 unspecified atom stereocenters. The smallest absolute Gasteiger partial charge is 0.159 e. The van der Waals surface area contributed by atoms with Crippen LogP contribution in [0.25, 0.3) is 6.08 Å². The molecular weight excluding hydrogens is 292 g/mol. The maximum Gasteiger partial charge on any atom is 0.159 e. The van der Waals surface area contributed by atoms with Crippen molar-refractivity contribution in [1.82, 2.24) is 0 Å². The molecule has 122 valence electrons. The Hall–Kier alpha value is -2.23. The van der Waals surface area contributed by atoms with Crippen LogP contribution >= 0.6 is 0 Å². The highest BCUT2D eigenvalue weighted by Gasteiger charge is 2.54. The zero-order valence-corrected chi connectivity index (χ0v) is 13.9. The number of rotatable bonds is 4. The first-order chi connectivity index (χ1) is 10.9. The molecule has 2 bridgehead atoms. The van der Waals surface area contributed by atoms with E-state index >= 15 is 0 Å². The summed E-state index contributed by atoms with van der Waals surface area (Å²) in [5.41, 5.74) is 1.84. The number of aromatic hydroxyl groups is 1. The topological polar surface area (TPSA) is 55.8 Å². The van der Waals surface area contributed by atoms with Crippen LogP contribution in [0.3, 0.4) is 0 Å². The second kappa shape index (κ2) is 5.44. The van der Waals surface area contributed by atoms with E-state index < -0.39 is 0 Å². The van der Waals surface area contributed by atoms with E-state index in [2.05, 4.69) is 13.8 Å². The van der Waals surface area contributed by atoms with Crippen molar-refractivity contribution in [2.75, 3.05) is 14.2 Å². The lowest BCUT2D eigenvalue weighted by molar-refractivity contribution is -0.133. The Morgan fingerprint density at radius 3 is 2.22 bits per heavy atom. The van der Waals surface area contributed by atoms with Gasteiger partial charge in [-0.1, -0.05) is 19.9 Å². The molecular formula is C19H22O4. The molecule has 1 N–H and O–H groups in total. The predicted octanol–water partition coefficient (Wildman–Crippen LogP) is 3.59. The Kier molecular flexibility index (Phi) is 3.71. The fourth-order valence-corrected chi connectivity index (χ4v) is 3.77. The van der Waals surface area contributed by atoms with Crippen LogP contribution in [0.4, 0.5) is 0 Å². The van der Waals surface area contributed by atoms with Gasteiger partial charge in [-0.3, -0.25) is 4.79 Å². The van der Waals surface area contributed by atoms with E-state index in [1.807, 2.05) is 12.2 Å². The molecule has 0 amide bonds. The normalized spacial score (nSPS) is 25.0. The van der Waals surface area contributed by atoms with Gasteiger partial charge in [0.05, 0.1) is 19.8 Å². The van der Waals surface area contributed by atoms with E-state index in [1.54, 1.807) is 32.4 Å². The number of carbonyl (C=O) groups excluding carboxylic acids is 1. The van der Waals surface area contributed by atoms with E-state index in [9.17, 15) is 9.90 Å². The summed E-state index contributed by atoms with van der Waals surface area (Å²) in [4.78, 5) is 12.2. The Morgan fingerprint density at radius 1 is 1.13 bits per heavy atom. The minimum absolute atomic E-state index is 0.0363. The van der Waals surface area contributed by atoms with Gasteiger partial charge in [0, 0.05) is 18.1 Å². The highest BCUT2D eigenvalue weighted by molar-refractivity contribution is 5.96. The van der Waals surface area contributed by atoms with Crippen molar-refractivity contribution < 1.29 is 19.4 Å². The molecule has 4 heteroatoms. The molecule has 4 nitrogen and oxygen atoms in total. The number of carbonyl (C=O) groups is 1. The molecule has 0 spiro atoms. The van der Waals surface area contributed by atoms with Crippen LogP contribution in [0.2, 0.25) is 0 Å². The number of ether oxygens (including phenoxy) is 2. The van der Waals surface area contributed by atoms with E-state index in [0.29, 0.717) is 17.4 Å². The highest BCUT2D eigenvalue weighted by Crippen LogP contribution is 2.58. The average Bonchev–Trinajstić information content (AvgIpc) is 2.51. The van der Waals surface area contributed by atoms with Gasteiger partial charge in [-0.25, -0.2) is 0 Å². The number of hydrogen-bond donors (Lipinski definition) is 1. The van der Waals surface area contributed by atoms with Gasteiger partial charge in [-0.2, -0.15) is 0 Å². The van der Waals surface area contributed by atoms with Crippen LogP contribution in [0.1, 0.15) is 25.8 Å². The Bertz CT molecular complexity index is 687. The molecule has 0 aromatic heterocycles. The Balaban J connectivity index is 1.97. The summed E-state index contributed by atoms with van der Waals surface area (Å²) in [5, 5.41) is 9.71. The second-order valence-corrected chi connectivity index (χ2v) is 6.81. The number of phenols is 1. The number of hydrogen-bond acceptors (Lipinski definition) is 4. The molecule has 0 radical (unpaired) electrons. The van der Waals surface area contributed by atoms with E-state index in [1.165, 1.54) is 0 Å². The minimum Gasteiger partial charge on any atom is -0.508 e. The third kappa shape index (κ3) is 2.42. The summed E-state index contributed by atoms with van der Waals surface area (Å²) in [6.07, 6.45) is 6.56. The number of benzene rings is 1. The lowest BCUT2D eigenvalue weighted by atomic mass is 9.48. The van der Waals surface area contributed by atoms with Gasteiger partial charge in [0.25, 0.3) is 0 Å². The van der Waals surface area contributed by atoms with Gasteiger partial charge in [-0.05, 0) is 35.5 Å². The predicted molar refractivity (Wildman–Crippen MR) is 88.7 cm³/mol. The van der Waals surface area contributed by atoms with E-state index in [0.717, 1.165) is 17.6 Å². The van der Waals surface area contributed by atoms with Crippen LogP contribution in [0.5, 0.6) is 17.2 Å². The monoisotopic (exact) mass is 314 g/mol. The SMILES string of the molecule is COc1cc(O)cc(OC)c1/C=C/C1=CC(=O)[C@@H]2C[C@H]1C2(C)C. The Labute approximate surface area is 136 Å². The summed E-state index contributed by atoms with van der Waals surface area (Å²) >= 11 is 0. The molecule has 3 aliphatic rings. The molecule has 4 rings (SSSR count).